The Bertz CT molecular complexity index is 545. The van der Waals surface area contributed by atoms with Gasteiger partial charge in [-0.2, -0.15) is 0 Å². The SMILES string of the molecule is CCCCCCCCCCCCCCCC[N+](CC)(CC)CCCCCCCCOCC(=O)CCCCCCCCCC. The molecule has 0 fully saturated rings. The fourth-order valence-electron chi connectivity index (χ4n) is 6.68. The smallest absolute Gasteiger partial charge is 0.158 e. The van der Waals surface area contributed by atoms with Gasteiger partial charge >= 0.3 is 0 Å². The molecule has 0 heterocycles. The molecule has 0 spiro atoms. The molecule has 0 aliphatic heterocycles. The number of hydrogen-bond donors (Lipinski definition) is 0. The fourth-order valence-corrected chi connectivity index (χ4v) is 6.68. The number of ether oxygens (including phenoxy) is 1. The zero-order valence-corrected chi connectivity index (χ0v) is 30.5. The lowest BCUT2D eigenvalue weighted by molar-refractivity contribution is -0.925. The maximum absolute atomic E-state index is 12.0. The van der Waals surface area contributed by atoms with Crippen LogP contribution >= 0.6 is 0 Å². The molecular formula is C40H82NO2+. The number of carbonyl (C=O) groups excluding carboxylic acids is 1. The van der Waals surface area contributed by atoms with Crippen molar-refractivity contribution in [3.05, 3.63) is 0 Å². The number of quaternary nitrogens is 1. The summed E-state index contributed by atoms with van der Waals surface area (Å²) in [6, 6.07) is 0. The summed E-state index contributed by atoms with van der Waals surface area (Å²) in [4.78, 5) is 12.0. The number of carbonyl (C=O) groups is 1. The number of hydrogen-bond acceptors (Lipinski definition) is 2. The van der Waals surface area contributed by atoms with Crippen molar-refractivity contribution in [1.82, 2.24) is 0 Å². The molecule has 0 amide bonds. The first-order valence-electron chi connectivity index (χ1n) is 20.1. The normalized spacial score (nSPS) is 11.9. The molecule has 0 N–H and O–H groups in total. The van der Waals surface area contributed by atoms with Gasteiger partial charge in [0.15, 0.2) is 5.78 Å². The zero-order chi connectivity index (χ0) is 31.5. The van der Waals surface area contributed by atoms with E-state index in [1.54, 1.807) is 0 Å². The molecule has 0 aromatic rings. The van der Waals surface area contributed by atoms with E-state index in [-0.39, 0.29) is 0 Å². The molecular weight excluding hydrogens is 526 g/mol. The van der Waals surface area contributed by atoms with Crippen LogP contribution in [0.15, 0.2) is 0 Å². The summed E-state index contributed by atoms with van der Waals surface area (Å²) in [5.41, 5.74) is 0. The van der Waals surface area contributed by atoms with Gasteiger partial charge in [0, 0.05) is 13.0 Å². The number of nitrogens with zero attached hydrogens (tertiary/aromatic N) is 1. The third-order valence-electron chi connectivity index (χ3n) is 10.1. The van der Waals surface area contributed by atoms with Gasteiger partial charge in [-0.1, -0.05) is 155 Å². The maximum atomic E-state index is 12.0. The summed E-state index contributed by atoms with van der Waals surface area (Å²) in [6.45, 7) is 15.8. The van der Waals surface area contributed by atoms with E-state index in [0.29, 0.717) is 18.8 Å². The van der Waals surface area contributed by atoms with E-state index in [1.807, 2.05) is 0 Å². The van der Waals surface area contributed by atoms with Crippen LogP contribution in [0.3, 0.4) is 0 Å². The zero-order valence-electron chi connectivity index (χ0n) is 30.5. The Balaban J connectivity index is 3.57. The summed E-state index contributed by atoms with van der Waals surface area (Å²) in [5, 5.41) is 0. The van der Waals surface area contributed by atoms with Crippen molar-refractivity contribution in [2.45, 2.75) is 214 Å². The van der Waals surface area contributed by atoms with Crippen molar-refractivity contribution >= 4 is 5.78 Å². The van der Waals surface area contributed by atoms with Crippen LogP contribution in [0.5, 0.6) is 0 Å². The minimum absolute atomic E-state index is 0.300. The Morgan fingerprint density at radius 3 is 1.12 bits per heavy atom. The Morgan fingerprint density at radius 1 is 0.419 bits per heavy atom. The lowest BCUT2D eigenvalue weighted by atomic mass is 10.0. The van der Waals surface area contributed by atoms with E-state index in [4.69, 9.17) is 4.74 Å². The highest BCUT2D eigenvalue weighted by atomic mass is 16.5. The van der Waals surface area contributed by atoms with Crippen LogP contribution < -0.4 is 0 Å². The molecule has 0 rings (SSSR count). The predicted molar refractivity (Wildman–Crippen MR) is 192 cm³/mol. The summed E-state index contributed by atoms with van der Waals surface area (Å²) in [7, 11) is 0. The van der Waals surface area contributed by atoms with Gasteiger partial charge in [0.2, 0.25) is 0 Å². The lowest BCUT2D eigenvalue weighted by Crippen LogP contribution is -2.49. The van der Waals surface area contributed by atoms with Crippen molar-refractivity contribution in [1.29, 1.82) is 0 Å². The number of rotatable bonds is 37. The molecule has 0 aliphatic carbocycles. The third kappa shape index (κ3) is 30.0. The highest BCUT2D eigenvalue weighted by Gasteiger charge is 2.21. The second kappa shape index (κ2) is 34.5. The summed E-state index contributed by atoms with van der Waals surface area (Å²) < 4.78 is 7.00. The topological polar surface area (TPSA) is 26.3 Å². The third-order valence-corrected chi connectivity index (χ3v) is 10.1. The highest BCUT2D eigenvalue weighted by Crippen LogP contribution is 2.17. The van der Waals surface area contributed by atoms with Crippen LogP contribution in [0.1, 0.15) is 214 Å². The van der Waals surface area contributed by atoms with Crippen LogP contribution in [0.25, 0.3) is 0 Å². The maximum Gasteiger partial charge on any atom is 0.158 e. The predicted octanol–water partition coefficient (Wildman–Crippen LogP) is 12.8. The number of Topliss-reactive ketones (excluding diaryl/α,β-unsaturated/α-hetero) is 1. The van der Waals surface area contributed by atoms with E-state index in [2.05, 4.69) is 27.7 Å². The van der Waals surface area contributed by atoms with Gasteiger partial charge in [-0.25, -0.2) is 0 Å². The summed E-state index contributed by atoms with van der Waals surface area (Å²) >= 11 is 0. The van der Waals surface area contributed by atoms with Gasteiger partial charge < -0.3 is 9.22 Å². The average Bonchev–Trinajstić information content (AvgIpc) is 3.02. The van der Waals surface area contributed by atoms with Gasteiger partial charge in [-0.15, -0.1) is 0 Å². The summed E-state index contributed by atoms with van der Waals surface area (Å²) in [6.07, 6.45) is 39.0. The molecule has 0 aliphatic rings. The molecule has 0 unspecified atom stereocenters. The van der Waals surface area contributed by atoms with Crippen LogP contribution in [0.2, 0.25) is 0 Å². The molecule has 258 valence electrons. The number of unbranched alkanes of at least 4 members (excludes halogenated alkanes) is 25. The molecule has 0 aromatic carbocycles. The van der Waals surface area contributed by atoms with Crippen LogP contribution in [0.4, 0.5) is 0 Å². The molecule has 0 saturated heterocycles. The first kappa shape index (κ1) is 42.6. The second-order valence-electron chi connectivity index (χ2n) is 14.0. The first-order valence-corrected chi connectivity index (χ1v) is 20.1. The van der Waals surface area contributed by atoms with E-state index >= 15 is 0 Å². The van der Waals surface area contributed by atoms with E-state index in [1.165, 1.54) is 198 Å². The number of ketones is 1. The Labute approximate surface area is 272 Å². The van der Waals surface area contributed by atoms with Crippen molar-refractivity contribution < 1.29 is 14.0 Å². The molecule has 0 bridgehead atoms. The van der Waals surface area contributed by atoms with Gasteiger partial charge in [0.25, 0.3) is 0 Å². The van der Waals surface area contributed by atoms with Crippen LogP contribution in [0, 0.1) is 0 Å². The monoisotopic (exact) mass is 609 g/mol. The summed E-state index contributed by atoms with van der Waals surface area (Å²) in [5.74, 6) is 0.300. The van der Waals surface area contributed by atoms with Gasteiger partial charge in [0.1, 0.15) is 6.61 Å². The fraction of sp³-hybridized carbons (Fsp3) is 0.975. The van der Waals surface area contributed by atoms with Gasteiger partial charge in [-0.05, 0) is 52.4 Å². The Hall–Kier alpha value is -0.410. The molecule has 0 radical (unpaired) electrons. The molecule has 3 heteroatoms. The Morgan fingerprint density at radius 2 is 0.744 bits per heavy atom. The van der Waals surface area contributed by atoms with Crippen molar-refractivity contribution in [2.24, 2.45) is 0 Å². The molecule has 3 nitrogen and oxygen atoms in total. The minimum atomic E-state index is 0.300. The van der Waals surface area contributed by atoms with Crippen LogP contribution in [-0.4, -0.2) is 49.7 Å². The quantitative estimate of drug-likeness (QED) is 0.0518. The largest absolute Gasteiger partial charge is 0.374 e. The van der Waals surface area contributed by atoms with E-state index < -0.39 is 0 Å². The second-order valence-corrected chi connectivity index (χ2v) is 14.0. The van der Waals surface area contributed by atoms with Crippen molar-refractivity contribution in [3.8, 4) is 0 Å². The molecule has 0 saturated carbocycles. The van der Waals surface area contributed by atoms with Crippen molar-refractivity contribution in [2.75, 3.05) is 39.4 Å². The standard InChI is InChI=1S/C40H82NO2/c1-5-9-11-13-15-17-18-19-20-21-22-24-28-32-36-41(7-3,8-4)37-33-29-25-26-30-34-38-43-39-40(42)35-31-27-23-16-14-12-10-6-2/h5-39H2,1-4H3/q+1. The Kier molecular flexibility index (Phi) is 34.1. The van der Waals surface area contributed by atoms with Gasteiger partial charge in [-0.3, -0.25) is 4.79 Å². The van der Waals surface area contributed by atoms with E-state index in [0.717, 1.165) is 19.4 Å². The lowest BCUT2D eigenvalue weighted by Gasteiger charge is -2.37. The molecule has 0 aromatic heterocycles. The van der Waals surface area contributed by atoms with Crippen LogP contribution in [-0.2, 0) is 9.53 Å². The molecule has 0 atom stereocenters. The van der Waals surface area contributed by atoms with E-state index in [9.17, 15) is 4.79 Å². The minimum Gasteiger partial charge on any atom is -0.374 e. The molecule has 43 heavy (non-hydrogen) atoms. The van der Waals surface area contributed by atoms with Gasteiger partial charge in [0.05, 0.1) is 26.2 Å². The highest BCUT2D eigenvalue weighted by molar-refractivity contribution is 5.79. The average molecular weight is 609 g/mol. The van der Waals surface area contributed by atoms with Crippen molar-refractivity contribution in [3.63, 3.8) is 0 Å². The first-order chi connectivity index (χ1) is 21.1.